The molecule has 0 aromatic heterocycles. The summed E-state index contributed by atoms with van der Waals surface area (Å²) in [6.07, 6.45) is 1.56. The fourth-order valence-electron chi connectivity index (χ4n) is 2.74. The van der Waals surface area contributed by atoms with Crippen LogP contribution in [0.25, 0.3) is 0 Å². The number of methoxy groups -OCH3 is 1. The fourth-order valence-corrected chi connectivity index (χ4v) is 2.74. The van der Waals surface area contributed by atoms with E-state index in [1.807, 2.05) is 39.0 Å². The van der Waals surface area contributed by atoms with Crippen molar-refractivity contribution in [3.8, 4) is 5.75 Å². The van der Waals surface area contributed by atoms with Gasteiger partial charge in [-0.3, -0.25) is 0 Å². The number of piperidine rings is 1. The summed E-state index contributed by atoms with van der Waals surface area (Å²) in [5.41, 5.74) is 7.29. The Hall–Kier alpha value is -2.11. The van der Waals surface area contributed by atoms with E-state index in [2.05, 4.69) is 10.2 Å². The van der Waals surface area contributed by atoms with Crippen LogP contribution in [-0.2, 0) is 4.74 Å². The lowest BCUT2D eigenvalue weighted by Gasteiger charge is -2.35. The predicted molar refractivity (Wildman–Crippen MR) is 92.0 cm³/mol. The second-order valence-electron chi connectivity index (χ2n) is 6.86. The lowest BCUT2D eigenvalue weighted by molar-refractivity contribution is 0.0500. The minimum atomic E-state index is -0.487. The number of hydrogen-bond donors (Lipinski definition) is 2. The topological polar surface area (TPSA) is 76.8 Å². The Morgan fingerprint density at radius 3 is 2.74 bits per heavy atom. The molecule has 1 saturated heterocycles. The summed E-state index contributed by atoms with van der Waals surface area (Å²) in [6.45, 7) is 7.21. The van der Waals surface area contributed by atoms with Crippen LogP contribution in [0, 0.1) is 0 Å². The second-order valence-corrected chi connectivity index (χ2v) is 6.86. The van der Waals surface area contributed by atoms with Crippen molar-refractivity contribution in [1.29, 1.82) is 0 Å². The van der Waals surface area contributed by atoms with Gasteiger partial charge in [0.2, 0.25) is 0 Å². The summed E-state index contributed by atoms with van der Waals surface area (Å²) in [5, 5.41) is 2.95. The zero-order valence-corrected chi connectivity index (χ0v) is 14.4. The van der Waals surface area contributed by atoms with Gasteiger partial charge in [-0.1, -0.05) is 0 Å². The van der Waals surface area contributed by atoms with Crippen molar-refractivity contribution < 1.29 is 14.3 Å². The van der Waals surface area contributed by atoms with Crippen molar-refractivity contribution in [1.82, 2.24) is 5.32 Å². The van der Waals surface area contributed by atoms with E-state index in [9.17, 15) is 4.79 Å². The minimum Gasteiger partial charge on any atom is -0.497 e. The largest absolute Gasteiger partial charge is 0.497 e. The number of anilines is 2. The summed E-state index contributed by atoms with van der Waals surface area (Å²) in [4.78, 5) is 14.1. The van der Waals surface area contributed by atoms with Crippen LogP contribution < -0.4 is 20.7 Å². The third-order valence-corrected chi connectivity index (χ3v) is 3.72. The SMILES string of the molecule is COc1ccc(N2CCC[C@H](NC(=O)OC(C)(C)C)C2)c(N)c1. The average Bonchev–Trinajstić information content (AvgIpc) is 2.45. The summed E-state index contributed by atoms with van der Waals surface area (Å²) in [5.74, 6) is 0.742. The van der Waals surface area contributed by atoms with Crippen LogP contribution in [0.5, 0.6) is 5.75 Å². The van der Waals surface area contributed by atoms with E-state index >= 15 is 0 Å². The van der Waals surface area contributed by atoms with Gasteiger partial charge in [0.15, 0.2) is 0 Å². The second kappa shape index (κ2) is 6.98. The van der Waals surface area contributed by atoms with Gasteiger partial charge in [-0.2, -0.15) is 0 Å². The number of carbonyl (C=O) groups excluding carboxylic acids is 1. The molecule has 23 heavy (non-hydrogen) atoms. The molecule has 2 rings (SSSR count). The molecule has 1 aliphatic rings. The standard InChI is InChI=1S/C17H27N3O3/c1-17(2,3)23-16(21)19-12-6-5-9-20(11-12)15-8-7-13(22-4)10-14(15)18/h7-8,10,12H,5-6,9,11,18H2,1-4H3,(H,19,21)/t12-/m0/s1. The Balaban J connectivity index is 1.99. The fraction of sp³-hybridized carbons (Fsp3) is 0.588. The predicted octanol–water partition coefficient (Wildman–Crippen LogP) is 2.77. The van der Waals surface area contributed by atoms with Crippen LogP contribution in [0.4, 0.5) is 16.2 Å². The van der Waals surface area contributed by atoms with Crippen LogP contribution >= 0.6 is 0 Å². The monoisotopic (exact) mass is 321 g/mol. The molecule has 0 radical (unpaired) electrons. The first kappa shape index (κ1) is 17.2. The third-order valence-electron chi connectivity index (χ3n) is 3.72. The molecule has 1 aromatic carbocycles. The molecule has 6 heteroatoms. The molecular formula is C17H27N3O3. The lowest BCUT2D eigenvalue weighted by atomic mass is 10.0. The highest BCUT2D eigenvalue weighted by molar-refractivity contribution is 5.71. The number of carbonyl (C=O) groups is 1. The molecule has 1 fully saturated rings. The van der Waals surface area contributed by atoms with Crippen LogP contribution in [0.3, 0.4) is 0 Å². The maximum atomic E-state index is 11.9. The molecule has 1 atom stereocenters. The van der Waals surface area contributed by atoms with Gasteiger partial charge < -0.3 is 25.4 Å². The Morgan fingerprint density at radius 1 is 1.39 bits per heavy atom. The highest BCUT2D eigenvalue weighted by Gasteiger charge is 2.25. The molecule has 1 aliphatic heterocycles. The number of nitrogens with zero attached hydrogens (tertiary/aromatic N) is 1. The zero-order chi connectivity index (χ0) is 17.0. The van der Waals surface area contributed by atoms with E-state index in [1.165, 1.54) is 0 Å². The van der Waals surface area contributed by atoms with E-state index in [-0.39, 0.29) is 12.1 Å². The van der Waals surface area contributed by atoms with Crippen LogP contribution in [0.1, 0.15) is 33.6 Å². The Bertz CT molecular complexity index is 555. The highest BCUT2D eigenvalue weighted by Crippen LogP contribution is 2.29. The third kappa shape index (κ3) is 4.94. The van der Waals surface area contributed by atoms with Crippen molar-refractivity contribution in [3.05, 3.63) is 18.2 Å². The maximum Gasteiger partial charge on any atom is 0.407 e. The number of benzene rings is 1. The van der Waals surface area contributed by atoms with E-state index in [4.69, 9.17) is 15.2 Å². The van der Waals surface area contributed by atoms with E-state index in [1.54, 1.807) is 7.11 Å². The van der Waals surface area contributed by atoms with Crippen LogP contribution in [-0.4, -0.2) is 37.9 Å². The van der Waals surface area contributed by atoms with Crippen molar-refractivity contribution in [3.63, 3.8) is 0 Å². The number of amides is 1. The van der Waals surface area contributed by atoms with Gasteiger partial charge in [0.05, 0.1) is 18.5 Å². The first-order valence-electron chi connectivity index (χ1n) is 7.96. The highest BCUT2D eigenvalue weighted by atomic mass is 16.6. The number of nitrogens with one attached hydrogen (secondary N) is 1. The number of ether oxygens (including phenoxy) is 2. The van der Waals surface area contributed by atoms with Gasteiger partial charge in [0.1, 0.15) is 11.4 Å². The number of nitrogen functional groups attached to an aromatic ring is 1. The molecule has 1 aromatic rings. The van der Waals surface area contributed by atoms with Crippen LogP contribution in [0.15, 0.2) is 18.2 Å². The number of alkyl carbamates (subject to hydrolysis) is 1. The van der Waals surface area contributed by atoms with Crippen molar-refractivity contribution >= 4 is 17.5 Å². The summed E-state index contributed by atoms with van der Waals surface area (Å²) in [7, 11) is 1.62. The molecule has 1 heterocycles. The number of nitrogens with two attached hydrogens (primary N) is 1. The molecule has 0 spiro atoms. The zero-order valence-electron chi connectivity index (χ0n) is 14.4. The van der Waals surface area contributed by atoms with Gasteiger partial charge in [-0.25, -0.2) is 4.79 Å². The van der Waals surface area contributed by atoms with Gasteiger partial charge in [0.25, 0.3) is 0 Å². The molecule has 3 N–H and O–H groups in total. The number of rotatable bonds is 3. The molecule has 128 valence electrons. The molecule has 1 amide bonds. The molecular weight excluding hydrogens is 294 g/mol. The van der Waals surface area contributed by atoms with Gasteiger partial charge in [0, 0.05) is 25.2 Å². The quantitative estimate of drug-likeness (QED) is 0.837. The maximum absolute atomic E-state index is 11.9. The van der Waals surface area contributed by atoms with Gasteiger partial charge in [-0.05, 0) is 45.7 Å². The average molecular weight is 321 g/mol. The Labute approximate surface area is 137 Å². The minimum absolute atomic E-state index is 0.0556. The first-order chi connectivity index (χ1) is 10.8. The molecule has 0 bridgehead atoms. The summed E-state index contributed by atoms with van der Waals surface area (Å²) >= 11 is 0. The van der Waals surface area contributed by atoms with E-state index in [0.29, 0.717) is 5.69 Å². The van der Waals surface area contributed by atoms with E-state index < -0.39 is 5.60 Å². The molecule has 0 aliphatic carbocycles. The molecule has 0 saturated carbocycles. The van der Waals surface area contributed by atoms with Gasteiger partial charge >= 0.3 is 6.09 Å². The lowest BCUT2D eigenvalue weighted by Crippen LogP contribution is -2.49. The first-order valence-corrected chi connectivity index (χ1v) is 7.96. The molecule has 6 nitrogen and oxygen atoms in total. The Morgan fingerprint density at radius 2 is 2.13 bits per heavy atom. The van der Waals surface area contributed by atoms with Crippen molar-refractivity contribution in [2.24, 2.45) is 0 Å². The van der Waals surface area contributed by atoms with Gasteiger partial charge in [-0.15, -0.1) is 0 Å². The summed E-state index contributed by atoms with van der Waals surface area (Å²) in [6, 6.07) is 5.74. The molecule has 0 unspecified atom stereocenters. The Kier molecular flexibility index (Phi) is 5.23. The number of hydrogen-bond acceptors (Lipinski definition) is 5. The van der Waals surface area contributed by atoms with Crippen molar-refractivity contribution in [2.45, 2.75) is 45.3 Å². The van der Waals surface area contributed by atoms with Crippen molar-refractivity contribution in [2.75, 3.05) is 30.8 Å². The van der Waals surface area contributed by atoms with E-state index in [0.717, 1.165) is 37.4 Å². The smallest absolute Gasteiger partial charge is 0.407 e. The van der Waals surface area contributed by atoms with Crippen LogP contribution in [0.2, 0.25) is 0 Å². The summed E-state index contributed by atoms with van der Waals surface area (Å²) < 4.78 is 10.5. The normalized spacial score (nSPS) is 18.4.